The van der Waals surface area contributed by atoms with Gasteiger partial charge in [0.05, 0.1) is 0 Å². The molecule has 23 heavy (non-hydrogen) atoms. The molecule has 0 aliphatic heterocycles. The molecule has 7 heteroatoms. The maximum Gasteiger partial charge on any atom is 0.246 e. The van der Waals surface area contributed by atoms with Crippen molar-refractivity contribution >= 4 is 41.5 Å². The van der Waals surface area contributed by atoms with Gasteiger partial charge >= 0.3 is 0 Å². The predicted molar refractivity (Wildman–Crippen MR) is 102 cm³/mol. The highest BCUT2D eigenvalue weighted by Crippen LogP contribution is 2.16. The molecule has 0 radical (unpaired) electrons. The summed E-state index contributed by atoms with van der Waals surface area (Å²) in [7, 11) is 0. The monoisotopic (exact) mass is 434 g/mol. The zero-order valence-corrected chi connectivity index (χ0v) is 15.4. The zero-order chi connectivity index (χ0) is 15.8. The van der Waals surface area contributed by atoms with Crippen LogP contribution in [-0.2, 0) is 4.79 Å². The van der Waals surface area contributed by atoms with Crippen molar-refractivity contribution in [1.82, 2.24) is 5.32 Å². The van der Waals surface area contributed by atoms with Crippen molar-refractivity contribution in [3.8, 4) is 0 Å². The van der Waals surface area contributed by atoms with Crippen LogP contribution in [0.25, 0.3) is 0 Å². The van der Waals surface area contributed by atoms with Crippen LogP contribution in [0.1, 0.15) is 38.5 Å². The van der Waals surface area contributed by atoms with E-state index in [0.717, 1.165) is 12.8 Å². The Morgan fingerprint density at radius 2 is 1.78 bits per heavy atom. The summed E-state index contributed by atoms with van der Waals surface area (Å²) in [5.41, 5.74) is 6.37. The number of guanidine groups is 1. The summed E-state index contributed by atoms with van der Waals surface area (Å²) in [5, 5.41) is 5.83. The Balaban J connectivity index is 0.00000264. The molecule has 128 valence electrons. The summed E-state index contributed by atoms with van der Waals surface area (Å²) in [4.78, 5) is 15.8. The van der Waals surface area contributed by atoms with E-state index in [4.69, 9.17) is 5.73 Å². The Bertz CT molecular complexity index is 513. The second-order valence-electron chi connectivity index (χ2n) is 5.59. The van der Waals surface area contributed by atoms with Crippen molar-refractivity contribution in [3.63, 3.8) is 0 Å². The minimum atomic E-state index is -0.340. The van der Waals surface area contributed by atoms with Gasteiger partial charge in [-0.05, 0) is 37.1 Å². The fourth-order valence-corrected chi connectivity index (χ4v) is 2.57. The third-order valence-corrected chi connectivity index (χ3v) is 3.73. The van der Waals surface area contributed by atoms with E-state index >= 15 is 0 Å². The van der Waals surface area contributed by atoms with Crippen molar-refractivity contribution in [2.45, 2.75) is 44.6 Å². The lowest BCUT2D eigenvalue weighted by Gasteiger charge is -2.16. The second-order valence-corrected chi connectivity index (χ2v) is 5.59. The Morgan fingerprint density at radius 3 is 2.39 bits per heavy atom. The lowest BCUT2D eigenvalue weighted by molar-refractivity contribution is -0.114. The predicted octanol–water partition coefficient (Wildman–Crippen LogP) is 3.01. The fourth-order valence-electron chi connectivity index (χ4n) is 2.57. The van der Waals surface area contributed by atoms with Crippen LogP contribution in [0, 0.1) is 5.82 Å². The van der Waals surface area contributed by atoms with Gasteiger partial charge in [0.15, 0.2) is 5.96 Å². The smallest absolute Gasteiger partial charge is 0.246 e. The number of nitrogens with zero attached hydrogens (tertiary/aromatic N) is 1. The molecule has 1 aliphatic rings. The van der Waals surface area contributed by atoms with Crippen molar-refractivity contribution in [1.29, 1.82) is 0 Å². The summed E-state index contributed by atoms with van der Waals surface area (Å²) in [6.45, 7) is -0.0526. The summed E-state index contributed by atoms with van der Waals surface area (Å²) in [6, 6.07) is 5.95. The first-order valence-electron chi connectivity index (χ1n) is 7.75. The highest BCUT2D eigenvalue weighted by molar-refractivity contribution is 14.0. The van der Waals surface area contributed by atoms with Crippen LogP contribution in [0.5, 0.6) is 0 Å². The minimum Gasteiger partial charge on any atom is -0.370 e. The molecule has 0 spiro atoms. The zero-order valence-electron chi connectivity index (χ0n) is 13.1. The number of rotatable bonds is 4. The topological polar surface area (TPSA) is 79.5 Å². The number of carbonyl (C=O) groups excluding carboxylic acids is 1. The van der Waals surface area contributed by atoms with Crippen molar-refractivity contribution in [2.75, 3.05) is 11.9 Å². The number of anilines is 1. The largest absolute Gasteiger partial charge is 0.370 e. The molecule has 1 amide bonds. The van der Waals surface area contributed by atoms with Gasteiger partial charge in [-0.15, -0.1) is 24.0 Å². The molecule has 5 nitrogen and oxygen atoms in total. The molecular formula is C16H24FIN4O. The molecule has 0 saturated heterocycles. The molecule has 4 N–H and O–H groups in total. The molecule has 0 aromatic heterocycles. The van der Waals surface area contributed by atoms with Crippen LogP contribution in [0.3, 0.4) is 0 Å². The third kappa shape index (κ3) is 7.62. The van der Waals surface area contributed by atoms with Gasteiger partial charge in [0.25, 0.3) is 0 Å². The number of aliphatic imine (C=N–C) groups is 1. The number of nitrogens with two attached hydrogens (primary N) is 1. The molecule has 0 unspecified atom stereocenters. The molecule has 0 atom stereocenters. The molecule has 0 bridgehead atoms. The van der Waals surface area contributed by atoms with Gasteiger partial charge in [-0.3, -0.25) is 4.79 Å². The van der Waals surface area contributed by atoms with E-state index in [2.05, 4.69) is 15.6 Å². The van der Waals surface area contributed by atoms with Crippen molar-refractivity contribution in [2.24, 2.45) is 10.7 Å². The first kappa shape index (κ1) is 19.7. The van der Waals surface area contributed by atoms with Crippen LogP contribution in [0.15, 0.2) is 29.3 Å². The standard InChI is InChI=1S/C16H23FN4O.HI/c17-12-7-9-14(10-8-12)20-15(22)11-19-16(18)21-13-5-3-1-2-4-6-13;/h7-10,13H,1-6,11H2,(H,20,22)(H3,18,19,21);1H. The minimum absolute atomic E-state index is 0. The fraction of sp³-hybridized carbons (Fsp3) is 0.500. The summed E-state index contributed by atoms with van der Waals surface area (Å²) >= 11 is 0. The highest BCUT2D eigenvalue weighted by Gasteiger charge is 2.12. The number of hydrogen-bond acceptors (Lipinski definition) is 2. The van der Waals surface area contributed by atoms with E-state index in [9.17, 15) is 9.18 Å². The van der Waals surface area contributed by atoms with E-state index in [1.54, 1.807) is 0 Å². The normalized spacial score (nSPS) is 16.1. The van der Waals surface area contributed by atoms with Gasteiger partial charge in [0, 0.05) is 11.7 Å². The molecule has 0 heterocycles. The van der Waals surface area contributed by atoms with E-state index in [0.29, 0.717) is 17.7 Å². The van der Waals surface area contributed by atoms with Crippen LogP contribution in [-0.4, -0.2) is 24.5 Å². The maximum absolute atomic E-state index is 12.8. The lowest BCUT2D eigenvalue weighted by atomic mass is 10.1. The van der Waals surface area contributed by atoms with Crippen LogP contribution >= 0.6 is 24.0 Å². The summed E-state index contributed by atoms with van der Waals surface area (Å²) in [5.74, 6) is -0.314. The Hall–Kier alpha value is -1.38. The van der Waals surface area contributed by atoms with E-state index in [-0.39, 0.29) is 42.2 Å². The van der Waals surface area contributed by atoms with Crippen molar-refractivity contribution in [3.05, 3.63) is 30.1 Å². The quantitative estimate of drug-likeness (QED) is 0.295. The molecule has 1 aliphatic carbocycles. The SMILES string of the molecule is I.NC(=NCC(=O)Nc1ccc(F)cc1)NC1CCCCCC1. The number of carbonyl (C=O) groups is 1. The number of amides is 1. The molecule has 2 rings (SSSR count). The van der Waals surface area contributed by atoms with Crippen molar-refractivity contribution < 1.29 is 9.18 Å². The van der Waals surface area contributed by atoms with E-state index < -0.39 is 0 Å². The lowest BCUT2D eigenvalue weighted by Crippen LogP contribution is -2.40. The van der Waals surface area contributed by atoms with Gasteiger partial charge in [0.2, 0.25) is 5.91 Å². The van der Waals surface area contributed by atoms with Gasteiger partial charge in [-0.1, -0.05) is 25.7 Å². The number of benzene rings is 1. The Kier molecular flexibility index (Phi) is 8.90. The van der Waals surface area contributed by atoms with Gasteiger partial charge < -0.3 is 16.4 Å². The Morgan fingerprint density at radius 1 is 1.17 bits per heavy atom. The highest BCUT2D eigenvalue weighted by atomic mass is 127. The molecule has 1 aromatic rings. The number of hydrogen-bond donors (Lipinski definition) is 3. The average Bonchev–Trinajstić information content (AvgIpc) is 2.76. The van der Waals surface area contributed by atoms with Crippen LogP contribution < -0.4 is 16.4 Å². The number of nitrogens with one attached hydrogen (secondary N) is 2. The molecule has 1 aromatic carbocycles. The van der Waals surface area contributed by atoms with Gasteiger partial charge in [0.1, 0.15) is 12.4 Å². The number of halogens is 2. The summed E-state index contributed by atoms with van der Waals surface area (Å²) in [6.07, 6.45) is 7.15. The molecule has 1 saturated carbocycles. The maximum atomic E-state index is 12.8. The summed E-state index contributed by atoms with van der Waals surface area (Å²) < 4.78 is 12.8. The first-order valence-corrected chi connectivity index (χ1v) is 7.75. The van der Waals surface area contributed by atoms with E-state index in [1.165, 1.54) is 49.9 Å². The third-order valence-electron chi connectivity index (χ3n) is 3.73. The average molecular weight is 434 g/mol. The molecular weight excluding hydrogens is 410 g/mol. The second kappa shape index (κ2) is 10.4. The van der Waals surface area contributed by atoms with Crippen LogP contribution in [0.4, 0.5) is 10.1 Å². The Labute approximate surface area is 153 Å². The van der Waals surface area contributed by atoms with E-state index in [1.807, 2.05) is 0 Å². The van der Waals surface area contributed by atoms with Gasteiger partial charge in [-0.2, -0.15) is 0 Å². The molecule has 1 fully saturated rings. The van der Waals surface area contributed by atoms with Crippen LogP contribution in [0.2, 0.25) is 0 Å². The van der Waals surface area contributed by atoms with Gasteiger partial charge in [-0.25, -0.2) is 9.38 Å². The first-order chi connectivity index (χ1) is 10.6.